The van der Waals surface area contributed by atoms with E-state index in [0.717, 1.165) is 31.9 Å². The number of nitrogens with zero attached hydrogens (tertiary/aromatic N) is 1. The molecule has 8 heteroatoms. The van der Waals surface area contributed by atoms with Crippen molar-refractivity contribution in [2.24, 2.45) is 0 Å². The first-order valence-corrected chi connectivity index (χ1v) is 10.5. The van der Waals surface area contributed by atoms with Crippen LogP contribution in [0.25, 0.3) is 0 Å². The van der Waals surface area contributed by atoms with E-state index in [2.05, 4.69) is 4.72 Å². The number of fused-ring (bicyclic) bond motifs is 1. The van der Waals surface area contributed by atoms with Crippen LogP contribution < -0.4 is 14.2 Å². The fraction of sp³-hybridized carbons (Fsp3) is 0.588. The number of benzene rings is 1. The Labute approximate surface area is 148 Å². The molecule has 1 fully saturated rings. The number of nitrogens with one attached hydrogen (secondary N) is 1. The molecule has 1 atom stereocenters. The fourth-order valence-electron chi connectivity index (χ4n) is 3.19. The van der Waals surface area contributed by atoms with E-state index in [4.69, 9.17) is 9.47 Å². The van der Waals surface area contributed by atoms with Gasteiger partial charge in [-0.25, -0.2) is 13.1 Å². The maximum absolute atomic E-state index is 13.0. The second kappa shape index (κ2) is 7.61. The van der Waals surface area contributed by atoms with Crippen molar-refractivity contribution in [3.63, 3.8) is 0 Å². The first kappa shape index (κ1) is 18.0. The second-order valence-corrected chi connectivity index (χ2v) is 8.31. The maximum Gasteiger partial charge on any atom is 0.254 e. The van der Waals surface area contributed by atoms with Crippen LogP contribution in [-0.4, -0.2) is 57.8 Å². The molecule has 1 aromatic rings. The van der Waals surface area contributed by atoms with E-state index in [1.165, 1.54) is 0 Å². The molecule has 7 nitrogen and oxygen atoms in total. The van der Waals surface area contributed by atoms with Crippen LogP contribution >= 0.6 is 0 Å². The zero-order valence-corrected chi connectivity index (χ0v) is 15.2. The molecule has 25 heavy (non-hydrogen) atoms. The van der Waals surface area contributed by atoms with Crippen molar-refractivity contribution < 1.29 is 22.7 Å². The third-order valence-corrected chi connectivity index (χ3v) is 5.15. The smallest absolute Gasteiger partial charge is 0.254 e. The number of sulfonamides is 1. The van der Waals surface area contributed by atoms with Gasteiger partial charge in [0.1, 0.15) is 0 Å². The predicted octanol–water partition coefficient (Wildman–Crippen LogP) is 1.39. The summed E-state index contributed by atoms with van der Waals surface area (Å²) in [7, 11) is -3.28. The van der Waals surface area contributed by atoms with Crippen LogP contribution in [0.4, 0.5) is 0 Å². The second-order valence-electron chi connectivity index (χ2n) is 6.48. The van der Waals surface area contributed by atoms with Gasteiger partial charge in [0.25, 0.3) is 5.91 Å². The van der Waals surface area contributed by atoms with Crippen LogP contribution in [0.5, 0.6) is 11.5 Å². The third-order valence-electron chi connectivity index (χ3n) is 4.46. The molecule has 2 heterocycles. The minimum Gasteiger partial charge on any atom is -0.490 e. The van der Waals surface area contributed by atoms with E-state index >= 15 is 0 Å². The van der Waals surface area contributed by atoms with Crippen molar-refractivity contribution in [2.45, 2.75) is 31.7 Å². The van der Waals surface area contributed by atoms with Gasteiger partial charge >= 0.3 is 0 Å². The van der Waals surface area contributed by atoms with Gasteiger partial charge < -0.3 is 14.4 Å². The quantitative estimate of drug-likeness (QED) is 0.868. The van der Waals surface area contributed by atoms with Gasteiger partial charge in [-0.1, -0.05) is 0 Å². The first-order chi connectivity index (χ1) is 11.9. The SMILES string of the molecule is CS(=O)(=O)NCC1CCCCN1C(=O)c1ccc2c(c1)OCCCO2. The van der Waals surface area contributed by atoms with Crippen molar-refractivity contribution in [2.75, 3.05) is 32.6 Å². The minimum absolute atomic E-state index is 0.101. The molecule has 1 N–H and O–H groups in total. The van der Waals surface area contributed by atoms with Gasteiger partial charge in [-0.05, 0) is 37.5 Å². The van der Waals surface area contributed by atoms with Crippen LogP contribution in [0.2, 0.25) is 0 Å². The lowest BCUT2D eigenvalue weighted by molar-refractivity contribution is 0.0618. The molecule has 0 spiro atoms. The van der Waals surface area contributed by atoms with Crippen molar-refractivity contribution in [3.8, 4) is 11.5 Å². The number of piperidine rings is 1. The summed E-state index contributed by atoms with van der Waals surface area (Å²) in [6.07, 6.45) is 4.64. The van der Waals surface area contributed by atoms with Gasteiger partial charge in [-0.2, -0.15) is 0 Å². The molecular formula is C17H24N2O5S. The summed E-state index contributed by atoms with van der Waals surface area (Å²) in [5.74, 6) is 1.14. The number of hydrogen-bond acceptors (Lipinski definition) is 5. The lowest BCUT2D eigenvalue weighted by Gasteiger charge is -2.36. The summed E-state index contributed by atoms with van der Waals surface area (Å²) in [5.41, 5.74) is 0.538. The fourth-order valence-corrected chi connectivity index (χ4v) is 3.68. The number of hydrogen-bond donors (Lipinski definition) is 1. The average Bonchev–Trinajstić information content (AvgIpc) is 2.83. The molecule has 138 valence electrons. The molecule has 1 saturated heterocycles. The number of ether oxygens (including phenoxy) is 2. The summed E-state index contributed by atoms with van der Waals surface area (Å²) < 4.78 is 36.5. The Morgan fingerprint density at radius 2 is 1.96 bits per heavy atom. The van der Waals surface area contributed by atoms with Gasteiger partial charge in [0.15, 0.2) is 11.5 Å². The molecule has 0 radical (unpaired) electrons. The van der Waals surface area contributed by atoms with Crippen LogP contribution in [0.1, 0.15) is 36.0 Å². The highest BCUT2D eigenvalue weighted by molar-refractivity contribution is 7.88. The summed E-state index contributed by atoms with van der Waals surface area (Å²) in [6.45, 7) is 2.04. The summed E-state index contributed by atoms with van der Waals surface area (Å²) in [6, 6.07) is 5.10. The van der Waals surface area contributed by atoms with Crippen molar-refractivity contribution in [1.82, 2.24) is 9.62 Å². The van der Waals surface area contributed by atoms with Crippen LogP contribution in [0, 0.1) is 0 Å². The molecule has 1 amide bonds. The monoisotopic (exact) mass is 368 g/mol. The largest absolute Gasteiger partial charge is 0.490 e. The molecular weight excluding hydrogens is 344 g/mol. The van der Waals surface area contributed by atoms with E-state index < -0.39 is 10.0 Å². The Kier molecular flexibility index (Phi) is 5.48. The van der Waals surface area contributed by atoms with Gasteiger partial charge in [-0.3, -0.25) is 4.79 Å². The Morgan fingerprint density at radius 1 is 1.20 bits per heavy atom. The van der Waals surface area contributed by atoms with Gasteiger partial charge in [0.2, 0.25) is 10.0 Å². The predicted molar refractivity (Wildman–Crippen MR) is 93.6 cm³/mol. The summed E-state index contributed by atoms with van der Waals surface area (Å²) in [5, 5.41) is 0. The Bertz CT molecular complexity index is 735. The van der Waals surface area contributed by atoms with Gasteiger partial charge in [-0.15, -0.1) is 0 Å². The first-order valence-electron chi connectivity index (χ1n) is 8.59. The van der Waals surface area contributed by atoms with Crippen molar-refractivity contribution >= 4 is 15.9 Å². The zero-order valence-electron chi connectivity index (χ0n) is 14.4. The molecule has 0 bridgehead atoms. The highest BCUT2D eigenvalue weighted by atomic mass is 32.2. The number of amides is 1. The minimum atomic E-state index is -3.28. The lowest BCUT2D eigenvalue weighted by Crippen LogP contribution is -2.49. The van der Waals surface area contributed by atoms with E-state index in [1.54, 1.807) is 23.1 Å². The third kappa shape index (κ3) is 4.64. The Balaban J connectivity index is 1.76. The van der Waals surface area contributed by atoms with Crippen LogP contribution in [0.15, 0.2) is 18.2 Å². The Morgan fingerprint density at radius 3 is 2.72 bits per heavy atom. The number of likely N-dealkylation sites (tertiary alicyclic amines) is 1. The van der Waals surface area contributed by atoms with Gasteiger partial charge in [0.05, 0.1) is 19.5 Å². The number of carbonyl (C=O) groups excluding carboxylic acids is 1. The molecule has 2 aliphatic heterocycles. The lowest BCUT2D eigenvalue weighted by atomic mass is 10.0. The van der Waals surface area contributed by atoms with Crippen LogP contribution in [0.3, 0.4) is 0 Å². The zero-order chi connectivity index (χ0) is 17.9. The molecule has 3 rings (SSSR count). The Hall–Kier alpha value is -1.80. The van der Waals surface area contributed by atoms with Gasteiger partial charge in [0, 0.05) is 31.1 Å². The highest BCUT2D eigenvalue weighted by Gasteiger charge is 2.28. The number of carbonyl (C=O) groups is 1. The molecule has 0 saturated carbocycles. The molecule has 0 aromatic heterocycles. The average molecular weight is 368 g/mol. The normalized spacial score (nSPS) is 20.8. The molecule has 1 aromatic carbocycles. The van der Waals surface area contributed by atoms with E-state index in [-0.39, 0.29) is 18.5 Å². The van der Waals surface area contributed by atoms with Crippen LogP contribution in [-0.2, 0) is 10.0 Å². The topological polar surface area (TPSA) is 84.9 Å². The summed E-state index contributed by atoms with van der Waals surface area (Å²) >= 11 is 0. The summed E-state index contributed by atoms with van der Waals surface area (Å²) in [4.78, 5) is 14.7. The van der Waals surface area contributed by atoms with Crippen molar-refractivity contribution in [3.05, 3.63) is 23.8 Å². The molecule has 0 aliphatic carbocycles. The molecule has 1 unspecified atom stereocenters. The maximum atomic E-state index is 13.0. The van der Waals surface area contributed by atoms with Crippen molar-refractivity contribution in [1.29, 1.82) is 0 Å². The standard InChI is InChI=1S/C17H24N2O5S/c1-25(21,22)18-12-14-5-2-3-8-19(14)17(20)13-6-7-15-16(11-13)24-10-4-9-23-15/h6-7,11,14,18H,2-5,8-10,12H2,1H3. The highest BCUT2D eigenvalue weighted by Crippen LogP contribution is 2.31. The number of rotatable bonds is 4. The van der Waals surface area contributed by atoms with E-state index in [9.17, 15) is 13.2 Å². The van der Waals surface area contributed by atoms with E-state index in [0.29, 0.717) is 36.8 Å². The molecule has 2 aliphatic rings. The van der Waals surface area contributed by atoms with E-state index in [1.807, 2.05) is 0 Å².